The van der Waals surface area contributed by atoms with E-state index in [1.807, 2.05) is 20.0 Å². The summed E-state index contributed by atoms with van der Waals surface area (Å²) < 4.78 is 6.27. The number of fused-ring (bicyclic) bond motifs is 1. The molecule has 17 heavy (non-hydrogen) atoms. The number of carbonyl (C=O) groups excluding carboxylic acids is 1. The number of aromatic nitrogens is 2. The van der Waals surface area contributed by atoms with Crippen molar-refractivity contribution in [1.82, 2.24) is 9.78 Å². The molecule has 0 saturated carbocycles. The number of aryl methyl sites for hydroxylation is 2. The second-order valence-corrected chi connectivity index (χ2v) is 3.88. The second-order valence-electron chi connectivity index (χ2n) is 3.88. The Labute approximate surface area is 98.6 Å². The van der Waals surface area contributed by atoms with E-state index in [4.69, 9.17) is 0 Å². The number of rotatable bonds is 2. The SMILES string of the molecule is COC(=O)C(O)c1cccc2c1c(C)nn2C. The average molecular weight is 234 g/mol. The first-order valence-corrected chi connectivity index (χ1v) is 5.24. The number of methoxy groups -OCH3 is 1. The van der Waals surface area contributed by atoms with Crippen LogP contribution < -0.4 is 0 Å². The molecule has 90 valence electrons. The van der Waals surface area contributed by atoms with E-state index in [-0.39, 0.29) is 0 Å². The number of hydrogen-bond donors (Lipinski definition) is 1. The fourth-order valence-corrected chi connectivity index (χ4v) is 2.02. The van der Waals surface area contributed by atoms with Gasteiger partial charge in [-0.3, -0.25) is 4.68 Å². The summed E-state index contributed by atoms with van der Waals surface area (Å²) in [7, 11) is 3.07. The molecule has 0 aliphatic heterocycles. The van der Waals surface area contributed by atoms with Crippen molar-refractivity contribution in [1.29, 1.82) is 0 Å². The third-order valence-electron chi connectivity index (χ3n) is 2.80. The number of hydrogen-bond acceptors (Lipinski definition) is 4. The second kappa shape index (κ2) is 4.18. The lowest BCUT2D eigenvalue weighted by Gasteiger charge is -2.10. The minimum absolute atomic E-state index is 0.528. The number of aliphatic hydroxyl groups excluding tert-OH is 1. The van der Waals surface area contributed by atoms with E-state index in [2.05, 4.69) is 9.84 Å². The van der Waals surface area contributed by atoms with E-state index >= 15 is 0 Å². The monoisotopic (exact) mass is 234 g/mol. The quantitative estimate of drug-likeness (QED) is 0.790. The standard InChI is InChI=1S/C12H14N2O3/c1-7-10-8(11(15)12(16)17-3)5-4-6-9(10)14(2)13-7/h4-6,11,15H,1-3H3. The van der Waals surface area contributed by atoms with Gasteiger partial charge in [0.15, 0.2) is 6.10 Å². The van der Waals surface area contributed by atoms with Crippen LogP contribution in [0.2, 0.25) is 0 Å². The van der Waals surface area contributed by atoms with Gasteiger partial charge in [-0.2, -0.15) is 5.10 Å². The minimum atomic E-state index is -1.27. The van der Waals surface area contributed by atoms with Crippen LogP contribution in [-0.4, -0.2) is 28.0 Å². The van der Waals surface area contributed by atoms with Crippen LogP contribution in [0.4, 0.5) is 0 Å². The Morgan fingerprint density at radius 2 is 2.24 bits per heavy atom. The highest BCUT2D eigenvalue weighted by Gasteiger charge is 2.22. The van der Waals surface area contributed by atoms with Gasteiger partial charge in [0.05, 0.1) is 18.3 Å². The molecule has 0 radical (unpaired) electrons. The van der Waals surface area contributed by atoms with Crippen LogP contribution in [0.3, 0.4) is 0 Å². The normalized spacial score (nSPS) is 12.7. The lowest BCUT2D eigenvalue weighted by Crippen LogP contribution is -2.13. The Hall–Kier alpha value is -1.88. The van der Waals surface area contributed by atoms with Gasteiger partial charge in [0.1, 0.15) is 0 Å². The summed E-state index contributed by atoms with van der Waals surface area (Å²) in [5.41, 5.74) is 2.18. The first kappa shape index (κ1) is 11.6. The average Bonchev–Trinajstić information content (AvgIpc) is 2.63. The van der Waals surface area contributed by atoms with Gasteiger partial charge >= 0.3 is 5.97 Å². The zero-order valence-corrected chi connectivity index (χ0v) is 9.97. The lowest BCUT2D eigenvalue weighted by atomic mass is 10.0. The summed E-state index contributed by atoms with van der Waals surface area (Å²) >= 11 is 0. The first-order valence-electron chi connectivity index (χ1n) is 5.24. The fourth-order valence-electron chi connectivity index (χ4n) is 2.02. The molecule has 1 aromatic carbocycles. The molecular formula is C12H14N2O3. The maximum atomic E-state index is 11.4. The van der Waals surface area contributed by atoms with Gasteiger partial charge in [0, 0.05) is 18.0 Å². The van der Waals surface area contributed by atoms with Crippen molar-refractivity contribution >= 4 is 16.9 Å². The first-order chi connectivity index (χ1) is 8.06. The van der Waals surface area contributed by atoms with Gasteiger partial charge in [-0.25, -0.2) is 4.79 Å². The third kappa shape index (κ3) is 1.78. The highest BCUT2D eigenvalue weighted by Crippen LogP contribution is 2.27. The number of esters is 1. The molecule has 0 amide bonds. The zero-order valence-electron chi connectivity index (χ0n) is 9.97. The molecule has 0 aliphatic carbocycles. The van der Waals surface area contributed by atoms with E-state index in [9.17, 15) is 9.90 Å². The lowest BCUT2D eigenvalue weighted by molar-refractivity contribution is -0.150. The van der Waals surface area contributed by atoms with E-state index in [1.165, 1.54) is 7.11 Å². The van der Waals surface area contributed by atoms with Gasteiger partial charge in [0.2, 0.25) is 0 Å². The van der Waals surface area contributed by atoms with E-state index in [0.29, 0.717) is 5.56 Å². The van der Waals surface area contributed by atoms with Crippen LogP contribution in [0.15, 0.2) is 18.2 Å². The maximum absolute atomic E-state index is 11.4. The molecule has 1 heterocycles. The summed E-state index contributed by atoms with van der Waals surface area (Å²) in [6.45, 7) is 1.84. The highest BCUT2D eigenvalue weighted by atomic mass is 16.5. The fraction of sp³-hybridized carbons (Fsp3) is 0.333. The van der Waals surface area contributed by atoms with E-state index in [1.54, 1.807) is 16.8 Å². The molecule has 0 spiro atoms. The van der Waals surface area contributed by atoms with Crippen molar-refractivity contribution in [2.75, 3.05) is 7.11 Å². The maximum Gasteiger partial charge on any atom is 0.339 e. The Bertz CT molecular complexity index is 574. The van der Waals surface area contributed by atoms with Crippen LogP contribution in [-0.2, 0) is 16.6 Å². The van der Waals surface area contributed by atoms with Crippen LogP contribution in [0.25, 0.3) is 10.9 Å². The molecule has 0 fully saturated rings. The minimum Gasteiger partial charge on any atom is -0.467 e. The van der Waals surface area contributed by atoms with Gasteiger partial charge in [-0.05, 0) is 13.0 Å². The third-order valence-corrected chi connectivity index (χ3v) is 2.80. The van der Waals surface area contributed by atoms with E-state index < -0.39 is 12.1 Å². The van der Waals surface area contributed by atoms with Crippen molar-refractivity contribution in [2.45, 2.75) is 13.0 Å². The largest absolute Gasteiger partial charge is 0.467 e. The molecule has 1 N–H and O–H groups in total. The number of aliphatic hydroxyl groups is 1. The van der Waals surface area contributed by atoms with Crippen LogP contribution in [0.1, 0.15) is 17.4 Å². The molecule has 1 atom stereocenters. The molecule has 2 rings (SSSR count). The number of ether oxygens (including phenoxy) is 1. The van der Waals surface area contributed by atoms with Crippen molar-refractivity contribution in [3.8, 4) is 0 Å². The summed E-state index contributed by atoms with van der Waals surface area (Å²) in [5, 5.41) is 15.0. The molecule has 5 nitrogen and oxygen atoms in total. The molecule has 0 bridgehead atoms. The highest BCUT2D eigenvalue weighted by molar-refractivity contribution is 5.90. The zero-order chi connectivity index (χ0) is 12.6. The van der Waals surface area contributed by atoms with Crippen LogP contribution >= 0.6 is 0 Å². The number of nitrogens with zero attached hydrogens (tertiary/aromatic N) is 2. The number of benzene rings is 1. The molecular weight excluding hydrogens is 220 g/mol. The van der Waals surface area contributed by atoms with E-state index in [0.717, 1.165) is 16.6 Å². The van der Waals surface area contributed by atoms with Crippen molar-refractivity contribution < 1.29 is 14.6 Å². The van der Waals surface area contributed by atoms with Crippen LogP contribution in [0.5, 0.6) is 0 Å². The van der Waals surface area contributed by atoms with Crippen LogP contribution in [0, 0.1) is 6.92 Å². The van der Waals surface area contributed by atoms with Gasteiger partial charge in [0.25, 0.3) is 0 Å². The molecule has 1 unspecified atom stereocenters. The summed E-state index contributed by atoms with van der Waals surface area (Å²) in [6.07, 6.45) is -1.27. The Morgan fingerprint density at radius 1 is 1.53 bits per heavy atom. The van der Waals surface area contributed by atoms with Crippen molar-refractivity contribution in [3.05, 3.63) is 29.5 Å². The smallest absolute Gasteiger partial charge is 0.339 e. The predicted molar refractivity (Wildman–Crippen MR) is 62.4 cm³/mol. The van der Waals surface area contributed by atoms with Gasteiger partial charge in [-0.1, -0.05) is 12.1 Å². The van der Waals surface area contributed by atoms with Gasteiger partial charge < -0.3 is 9.84 Å². The van der Waals surface area contributed by atoms with Gasteiger partial charge in [-0.15, -0.1) is 0 Å². The molecule has 0 aliphatic rings. The van der Waals surface area contributed by atoms with Crippen molar-refractivity contribution in [2.24, 2.45) is 7.05 Å². The summed E-state index contributed by atoms with van der Waals surface area (Å²) in [6, 6.07) is 5.38. The predicted octanol–water partition coefficient (Wildman–Crippen LogP) is 1.09. The van der Waals surface area contributed by atoms with Crippen molar-refractivity contribution in [3.63, 3.8) is 0 Å². The number of carbonyl (C=O) groups is 1. The molecule has 1 aromatic heterocycles. The summed E-state index contributed by atoms with van der Waals surface area (Å²) in [4.78, 5) is 11.4. The molecule has 0 saturated heterocycles. The topological polar surface area (TPSA) is 64.3 Å². The Morgan fingerprint density at radius 3 is 2.88 bits per heavy atom. The Kier molecular flexibility index (Phi) is 2.85. The molecule has 2 aromatic rings. The molecule has 5 heteroatoms. The summed E-state index contributed by atoms with van der Waals surface area (Å²) in [5.74, 6) is -0.666. The Balaban J connectivity index is 2.66.